The Kier molecular flexibility index (Phi) is 5.56. The number of carbonyl (C=O) groups excluding carboxylic acids is 2. The Hall–Kier alpha value is -2.41. The molecule has 0 unspecified atom stereocenters. The van der Waals surface area contributed by atoms with E-state index in [1.54, 1.807) is 11.8 Å². The van der Waals surface area contributed by atoms with Crippen molar-refractivity contribution in [3.8, 4) is 0 Å². The molecule has 1 aliphatic rings. The monoisotopic (exact) mass is 372 g/mol. The number of rotatable bonds is 8. The predicted octanol–water partition coefficient (Wildman–Crippen LogP) is 2.85. The first-order chi connectivity index (χ1) is 12.4. The standard InChI is InChI=1S/C19H24N4O2S/c1-13-4-3-5-17(10-13)22(9-8-18(20)25)11-15-12-26-19(21-15)23(14(2)24)16-6-7-16/h3-5,10,12,16H,6-9,11H2,1-2H3,(H2,20,25). The zero-order valence-corrected chi connectivity index (χ0v) is 16.0. The molecule has 2 aromatic rings. The quantitative estimate of drug-likeness (QED) is 0.773. The van der Waals surface area contributed by atoms with Gasteiger partial charge in [0, 0.05) is 37.0 Å². The lowest BCUT2D eigenvalue weighted by atomic mass is 10.2. The molecule has 0 radical (unpaired) electrons. The number of aromatic nitrogens is 1. The number of hydrogen-bond donors (Lipinski definition) is 1. The Labute approximate surface area is 157 Å². The van der Waals surface area contributed by atoms with Gasteiger partial charge in [-0.15, -0.1) is 11.3 Å². The molecule has 26 heavy (non-hydrogen) atoms. The van der Waals surface area contributed by atoms with Gasteiger partial charge in [0.05, 0.1) is 12.2 Å². The van der Waals surface area contributed by atoms with E-state index in [1.807, 2.05) is 30.5 Å². The van der Waals surface area contributed by atoms with Crippen LogP contribution >= 0.6 is 11.3 Å². The number of primary amides is 1. The van der Waals surface area contributed by atoms with Crippen molar-refractivity contribution in [1.29, 1.82) is 0 Å². The summed E-state index contributed by atoms with van der Waals surface area (Å²) in [6, 6.07) is 8.44. The lowest BCUT2D eigenvalue weighted by Gasteiger charge is -2.24. The second-order valence-corrected chi connectivity index (χ2v) is 7.56. The van der Waals surface area contributed by atoms with Crippen molar-refractivity contribution in [3.63, 3.8) is 0 Å². The van der Waals surface area contributed by atoms with Crippen LogP contribution in [0.4, 0.5) is 10.8 Å². The van der Waals surface area contributed by atoms with Gasteiger partial charge in [0.15, 0.2) is 5.13 Å². The normalized spacial score (nSPS) is 13.5. The van der Waals surface area contributed by atoms with Crippen LogP contribution in [0.25, 0.3) is 0 Å². The highest BCUT2D eigenvalue weighted by Gasteiger charge is 2.33. The minimum absolute atomic E-state index is 0.0395. The molecule has 3 rings (SSSR count). The largest absolute Gasteiger partial charge is 0.370 e. The van der Waals surface area contributed by atoms with Crippen molar-refractivity contribution in [2.24, 2.45) is 5.73 Å². The van der Waals surface area contributed by atoms with E-state index in [0.29, 0.717) is 19.1 Å². The van der Waals surface area contributed by atoms with E-state index in [9.17, 15) is 9.59 Å². The smallest absolute Gasteiger partial charge is 0.225 e. The highest BCUT2D eigenvalue weighted by atomic mass is 32.1. The van der Waals surface area contributed by atoms with Crippen LogP contribution in [0, 0.1) is 6.92 Å². The molecular weight excluding hydrogens is 348 g/mol. The molecule has 0 atom stereocenters. The van der Waals surface area contributed by atoms with Gasteiger partial charge < -0.3 is 10.6 Å². The third kappa shape index (κ3) is 4.60. The van der Waals surface area contributed by atoms with Crippen LogP contribution in [0.15, 0.2) is 29.6 Å². The lowest BCUT2D eigenvalue weighted by Crippen LogP contribution is -2.31. The van der Waals surface area contributed by atoms with Crippen molar-refractivity contribution in [2.75, 3.05) is 16.3 Å². The molecule has 138 valence electrons. The van der Waals surface area contributed by atoms with Crippen molar-refractivity contribution in [2.45, 2.75) is 45.7 Å². The van der Waals surface area contributed by atoms with Crippen LogP contribution in [-0.4, -0.2) is 29.4 Å². The molecule has 7 heteroatoms. The number of nitrogens with two attached hydrogens (primary N) is 1. The van der Waals surface area contributed by atoms with Crippen LogP contribution in [0.5, 0.6) is 0 Å². The highest BCUT2D eigenvalue weighted by molar-refractivity contribution is 7.14. The number of hydrogen-bond acceptors (Lipinski definition) is 5. The van der Waals surface area contributed by atoms with Gasteiger partial charge in [0.1, 0.15) is 0 Å². The molecular formula is C19H24N4O2S. The highest BCUT2D eigenvalue weighted by Crippen LogP contribution is 2.34. The van der Waals surface area contributed by atoms with Crippen LogP contribution < -0.4 is 15.5 Å². The molecule has 1 aliphatic carbocycles. The first kappa shape index (κ1) is 18.4. The van der Waals surface area contributed by atoms with Gasteiger partial charge in [-0.3, -0.25) is 14.5 Å². The maximum atomic E-state index is 11.9. The lowest BCUT2D eigenvalue weighted by molar-refractivity contribution is -0.118. The van der Waals surface area contributed by atoms with Gasteiger partial charge in [0.25, 0.3) is 0 Å². The third-order valence-electron chi connectivity index (χ3n) is 4.34. The Bertz CT molecular complexity index is 800. The Morgan fingerprint density at radius 2 is 2.12 bits per heavy atom. The Morgan fingerprint density at radius 1 is 1.35 bits per heavy atom. The number of thiazole rings is 1. The Balaban J connectivity index is 1.78. The van der Waals surface area contributed by atoms with E-state index >= 15 is 0 Å². The molecule has 0 aliphatic heterocycles. The maximum Gasteiger partial charge on any atom is 0.225 e. The summed E-state index contributed by atoms with van der Waals surface area (Å²) in [6.45, 7) is 4.73. The minimum Gasteiger partial charge on any atom is -0.370 e. The molecule has 0 saturated heterocycles. The summed E-state index contributed by atoms with van der Waals surface area (Å²) in [4.78, 5) is 31.7. The molecule has 1 fully saturated rings. The van der Waals surface area contributed by atoms with E-state index in [2.05, 4.69) is 16.0 Å². The second-order valence-electron chi connectivity index (χ2n) is 6.72. The van der Waals surface area contributed by atoms with Crippen molar-refractivity contribution in [3.05, 3.63) is 40.9 Å². The van der Waals surface area contributed by atoms with E-state index in [4.69, 9.17) is 5.73 Å². The maximum absolute atomic E-state index is 11.9. The van der Waals surface area contributed by atoms with E-state index in [-0.39, 0.29) is 18.2 Å². The van der Waals surface area contributed by atoms with Gasteiger partial charge in [0.2, 0.25) is 11.8 Å². The van der Waals surface area contributed by atoms with E-state index < -0.39 is 0 Å². The number of aryl methyl sites for hydroxylation is 1. The molecule has 1 saturated carbocycles. The summed E-state index contributed by atoms with van der Waals surface area (Å²) in [5.74, 6) is -0.282. The zero-order chi connectivity index (χ0) is 18.7. The molecule has 2 N–H and O–H groups in total. The molecule has 2 amide bonds. The van der Waals surface area contributed by atoms with Gasteiger partial charge in [-0.25, -0.2) is 4.98 Å². The van der Waals surface area contributed by atoms with Crippen LogP contribution in [0.3, 0.4) is 0 Å². The third-order valence-corrected chi connectivity index (χ3v) is 5.23. The SMILES string of the molecule is CC(=O)N(c1nc(CN(CCC(N)=O)c2cccc(C)c2)cs1)C1CC1. The van der Waals surface area contributed by atoms with Gasteiger partial charge >= 0.3 is 0 Å². The number of nitrogens with zero attached hydrogens (tertiary/aromatic N) is 3. The van der Waals surface area contributed by atoms with Crippen LogP contribution in [0.2, 0.25) is 0 Å². The number of benzene rings is 1. The fraction of sp³-hybridized carbons (Fsp3) is 0.421. The van der Waals surface area contributed by atoms with Crippen LogP contribution in [0.1, 0.15) is 37.4 Å². The van der Waals surface area contributed by atoms with Gasteiger partial charge in [-0.2, -0.15) is 0 Å². The molecule has 0 bridgehead atoms. The van der Waals surface area contributed by atoms with Crippen LogP contribution in [-0.2, 0) is 16.1 Å². The molecule has 1 heterocycles. The molecule has 0 spiro atoms. The van der Waals surface area contributed by atoms with Gasteiger partial charge in [-0.05, 0) is 37.5 Å². The second kappa shape index (κ2) is 7.86. The summed E-state index contributed by atoms with van der Waals surface area (Å²) in [5, 5.41) is 2.75. The summed E-state index contributed by atoms with van der Waals surface area (Å²) in [5.41, 5.74) is 8.42. The number of anilines is 2. The fourth-order valence-corrected chi connectivity index (χ4v) is 3.85. The van der Waals surface area contributed by atoms with Crippen molar-refractivity contribution >= 4 is 34.0 Å². The number of carbonyl (C=O) groups is 2. The first-order valence-corrected chi connectivity index (χ1v) is 9.66. The Morgan fingerprint density at radius 3 is 2.73 bits per heavy atom. The molecule has 6 nitrogen and oxygen atoms in total. The fourth-order valence-electron chi connectivity index (χ4n) is 2.93. The summed E-state index contributed by atoms with van der Waals surface area (Å²) < 4.78 is 0. The number of amides is 2. The van der Waals surface area contributed by atoms with Crippen molar-refractivity contribution in [1.82, 2.24) is 4.98 Å². The average Bonchev–Trinajstić information content (AvgIpc) is 3.29. The predicted molar refractivity (Wildman–Crippen MR) is 104 cm³/mol. The summed E-state index contributed by atoms with van der Waals surface area (Å²) in [7, 11) is 0. The van der Waals surface area contributed by atoms with Gasteiger partial charge in [-0.1, -0.05) is 12.1 Å². The molecule has 1 aromatic carbocycles. The van der Waals surface area contributed by atoms with E-state index in [0.717, 1.165) is 34.9 Å². The average molecular weight is 372 g/mol. The molecule has 1 aromatic heterocycles. The minimum atomic E-state index is -0.321. The van der Waals surface area contributed by atoms with E-state index in [1.165, 1.54) is 11.3 Å². The van der Waals surface area contributed by atoms with Crippen molar-refractivity contribution < 1.29 is 9.59 Å². The first-order valence-electron chi connectivity index (χ1n) is 8.78. The summed E-state index contributed by atoms with van der Waals surface area (Å²) >= 11 is 1.49. The topological polar surface area (TPSA) is 79.5 Å². The zero-order valence-electron chi connectivity index (χ0n) is 15.1. The summed E-state index contributed by atoms with van der Waals surface area (Å²) in [6.07, 6.45) is 2.37.